The number of carbonyl (C=O) groups is 1. The average molecular weight is 429 g/mol. The summed E-state index contributed by atoms with van der Waals surface area (Å²) in [5.74, 6) is -0.641. The highest BCUT2D eigenvalue weighted by atomic mass is 35.5. The van der Waals surface area contributed by atoms with Crippen LogP contribution in [0.2, 0.25) is 4.34 Å². The molecule has 2 aliphatic rings. The van der Waals surface area contributed by atoms with E-state index in [2.05, 4.69) is 0 Å². The van der Waals surface area contributed by atoms with Crippen LogP contribution < -0.4 is 0 Å². The Morgan fingerprint density at radius 1 is 1.22 bits per heavy atom. The van der Waals surface area contributed by atoms with Gasteiger partial charge in [0.25, 0.3) is 15.9 Å². The van der Waals surface area contributed by atoms with Crippen molar-refractivity contribution < 1.29 is 17.6 Å². The summed E-state index contributed by atoms with van der Waals surface area (Å²) in [6, 6.07) is 8.43. The van der Waals surface area contributed by atoms with Crippen LogP contribution in [0.3, 0.4) is 0 Å². The fourth-order valence-electron chi connectivity index (χ4n) is 3.96. The monoisotopic (exact) mass is 428 g/mol. The number of carbonyl (C=O) groups excluding carboxylic acids is 1. The number of hydrogen-bond acceptors (Lipinski definition) is 4. The van der Waals surface area contributed by atoms with Gasteiger partial charge >= 0.3 is 0 Å². The lowest BCUT2D eigenvalue weighted by molar-refractivity contribution is 0.0783. The molecule has 144 valence electrons. The van der Waals surface area contributed by atoms with Gasteiger partial charge in [-0.05, 0) is 49.1 Å². The second-order valence-electron chi connectivity index (χ2n) is 6.86. The molecule has 1 amide bonds. The highest BCUT2D eigenvalue weighted by molar-refractivity contribution is 7.91. The SMILES string of the molecule is O=C(c1cccc(F)c1)N1C[C@H]2CCCN(S(=O)(=O)c3ccc(Cl)s3)[C@H]2C1. The van der Waals surface area contributed by atoms with Crippen molar-refractivity contribution in [1.29, 1.82) is 0 Å². The number of fused-ring (bicyclic) bond motifs is 1. The van der Waals surface area contributed by atoms with E-state index < -0.39 is 15.8 Å². The molecule has 2 fully saturated rings. The topological polar surface area (TPSA) is 57.7 Å². The standard InChI is InChI=1S/C18H18ClFN2O3S2/c19-16-6-7-17(26-16)27(24,25)22-8-2-4-13-10-21(11-15(13)22)18(23)12-3-1-5-14(20)9-12/h1,3,5-7,9,13,15H,2,4,8,10-11H2/t13-,15+/m1/s1. The summed E-state index contributed by atoms with van der Waals surface area (Å²) in [4.78, 5) is 14.4. The van der Waals surface area contributed by atoms with Crippen molar-refractivity contribution in [3.05, 3.63) is 52.1 Å². The molecular formula is C18H18ClFN2O3S2. The molecule has 4 rings (SSSR count). The van der Waals surface area contributed by atoms with Crippen molar-refractivity contribution in [1.82, 2.24) is 9.21 Å². The Morgan fingerprint density at radius 2 is 2.04 bits per heavy atom. The second-order valence-corrected chi connectivity index (χ2v) is 10.7. The summed E-state index contributed by atoms with van der Waals surface area (Å²) in [5.41, 5.74) is 0.285. The van der Waals surface area contributed by atoms with Crippen molar-refractivity contribution >= 4 is 38.9 Å². The first kappa shape index (κ1) is 18.9. The van der Waals surface area contributed by atoms with Gasteiger partial charge in [0.05, 0.1) is 4.34 Å². The van der Waals surface area contributed by atoms with E-state index in [0.29, 0.717) is 24.0 Å². The van der Waals surface area contributed by atoms with Crippen molar-refractivity contribution in [2.45, 2.75) is 23.1 Å². The lowest BCUT2D eigenvalue weighted by Crippen LogP contribution is -2.48. The molecule has 0 N–H and O–H groups in total. The van der Waals surface area contributed by atoms with E-state index >= 15 is 0 Å². The van der Waals surface area contributed by atoms with Crippen molar-refractivity contribution in [3.63, 3.8) is 0 Å². The lowest BCUT2D eigenvalue weighted by atomic mass is 9.94. The summed E-state index contributed by atoms with van der Waals surface area (Å²) in [5, 5.41) is 0. The summed E-state index contributed by atoms with van der Waals surface area (Å²) in [6.45, 7) is 1.23. The smallest absolute Gasteiger partial charge is 0.254 e. The minimum Gasteiger partial charge on any atom is -0.337 e. The maximum Gasteiger partial charge on any atom is 0.254 e. The normalized spacial score (nSPS) is 23.4. The van der Waals surface area contributed by atoms with E-state index in [1.807, 2.05) is 0 Å². The highest BCUT2D eigenvalue weighted by Gasteiger charge is 2.45. The molecule has 1 aromatic heterocycles. The van der Waals surface area contributed by atoms with Crippen LogP contribution in [0.4, 0.5) is 4.39 Å². The number of benzene rings is 1. The molecular weight excluding hydrogens is 411 g/mol. The Balaban J connectivity index is 1.58. The van der Waals surface area contributed by atoms with Crippen LogP contribution in [0.25, 0.3) is 0 Å². The van der Waals surface area contributed by atoms with Crippen LogP contribution in [-0.4, -0.2) is 49.2 Å². The summed E-state index contributed by atoms with van der Waals surface area (Å²) < 4.78 is 41.7. The summed E-state index contributed by atoms with van der Waals surface area (Å²) in [6.07, 6.45) is 1.62. The highest BCUT2D eigenvalue weighted by Crippen LogP contribution is 2.37. The molecule has 2 aliphatic heterocycles. The predicted octanol–water partition coefficient (Wildman–Crippen LogP) is 3.47. The molecule has 0 radical (unpaired) electrons. The Bertz CT molecular complexity index is 978. The number of amides is 1. The molecule has 27 heavy (non-hydrogen) atoms. The largest absolute Gasteiger partial charge is 0.337 e. The Kier molecular flexibility index (Phi) is 5.00. The van der Waals surface area contributed by atoms with Gasteiger partial charge < -0.3 is 4.90 Å². The zero-order valence-corrected chi connectivity index (χ0v) is 16.7. The molecule has 0 spiro atoms. The third-order valence-electron chi connectivity index (χ3n) is 5.20. The molecule has 0 aliphatic carbocycles. The van der Waals surface area contributed by atoms with Crippen LogP contribution >= 0.6 is 22.9 Å². The summed E-state index contributed by atoms with van der Waals surface area (Å²) >= 11 is 6.96. The van der Waals surface area contributed by atoms with Crippen molar-refractivity contribution in [3.8, 4) is 0 Å². The average Bonchev–Trinajstić information content (AvgIpc) is 3.27. The van der Waals surface area contributed by atoms with Gasteiger partial charge in [0.2, 0.25) is 0 Å². The molecule has 3 heterocycles. The first-order valence-electron chi connectivity index (χ1n) is 8.68. The van der Waals surface area contributed by atoms with E-state index in [1.165, 1.54) is 28.6 Å². The van der Waals surface area contributed by atoms with Gasteiger partial charge in [-0.25, -0.2) is 12.8 Å². The number of nitrogens with zero attached hydrogens (tertiary/aromatic N) is 2. The van der Waals surface area contributed by atoms with Gasteiger partial charge in [-0.15, -0.1) is 11.3 Å². The third kappa shape index (κ3) is 3.51. The Labute approximate surface area is 166 Å². The van der Waals surface area contributed by atoms with Crippen LogP contribution in [-0.2, 0) is 10.0 Å². The Hall–Kier alpha value is -1.48. The predicted molar refractivity (Wildman–Crippen MR) is 102 cm³/mol. The number of thiophene rings is 1. The fraction of sp³-hybridized carbons (Fsp3) is 0.389. The molecule has 5 nitrogen and oxygen atoms in total. The van der Waals surface area contributed by atoms with Gasteiger partial charge in [-0.1, -0.05) is 17.7 Å². The zero-order valence-electron chi connectivity index (χ0n) is 14.3. The zero-order chi connectivity index (χ0) is 19.2. The summed E-state index contributed by atoms with van der Waals surface area (Å²) in [7, 11) is -3.65. The molecule has 0 saturated carbocycles. The molecule has 9 heteroatoms. The fourth-order valence-corrected chi connectivity index (χ4v) is 7.29. The third-order valence-corrected chi connectivity index (χ3v) is 8.82. The number of halogens is 2. The maximum absolute atomic E-state index is 13.5. The van der Waals surface area contributed by atoms with E-state index in [1.54, 1.807) is 17.0 Å². The number of piperidine rings is 1. The van der Waals surface area contributed by atoms with Crippen LogP contribution in [0.5, 0.6) is 0 Å². The lowest BCUT2D eigenvalue weighted by Gasteiger charge is -2.35. The first-order valence-corrected chi connectivity index (χ1v) is 11.3. The van der Waals surface area contributed by atoms with Crippen molar-refractivity contribution in [2.75, 3.05) is 19.6 Å². The van der Waals surface area contributed by atoms with Gasteiger partial charge in [0.1, 0.15) is 10.0 Å². The molecule has 2 atom stereocenters. The van der Waals surface area contributed by atoms with Crippen LogP contribution in [0, 0.1) is 11.7 Å². The first-order chi connectivity index (χ1) is 12.9. The van der Waals surface area contributed by atoms with Gasteiger partial charge in [-0.3, -0.25) is 4.79 Å². The maximum atomic E-state index is 13.5. The number of hydrogen-bond donors (Lipinski definition) is 0. The molecule has 1 aromatic carbocycles. The van der Waals surface area contributed by atoms with Gasteiger partial charge in [0.15, 0.2) is 0 Å². The number of sulfonamides is 1. The van der Waals surface area contributed by atoms with E-state index in [0.717, 1.165) is 24.2 Å². The molecule has 2 aromatic rings. The van der Waals surface area contributed by atoms with E-state index in [4.69, 9.17) is 11.6 Å². The van der Waals surface area contributed by atoms with E-state index in [9.17, 15) is 17.6 Å². The Morgan fingerprint density at radius 3 is 2.74 bits per heavy atom. The minimum atomic E-state index is -3.65. The van der Waals surface area contributed by atoms with Gasteiger partial charge in [0, 0.05) is 31.2 Å². The molecule has 2 saturated heterocycles. The minimum absolute atomic E-state index is 0.0847. The number of likely N-dealkylation sites (tertiary alicyclic amines) is 1. The molecule has 0 bridgehead atoms. The van der Waals surface area contributed by atoms with Crippen LogP contribution in [0.15, 0.2) is 40.6 Å². The van der Waals surface area contributed by atoms with E-state index in [-0.39, 0.29) is 27.6 Å². The van der Waals surface area contributed by atoms with Crippen molar-refractivity contribution in [2.24, 2.45) is 5.92 Å². The van der Waals surface area contributed by atoms with Gasteiger partial charge in [-0.2, -0.15) is 4.31 Å². The quantitative estimate of drug-likeness (QED) is 0.752. The van der Waals surface area contributed by atoms with Crippen LogP contribution in [0.1, 0.15) is 23.2 Å². The molecule has 0 unspecified atom stereocenters. The second kappa shape index (κ2) is 7.16. The number of rotatable bonds is 3.